The van der Waals surface area contributed by atoms with Crippen LogP contribution in [-0.2, 0) is 19.5 Å². The Bertz CT molecular complexity index is 866. The zero-order chi connectivity index (χ0) is 22.1. The first-order chi connectivity index (χ1) is 14.8. The number of β-amino-alcohol motifs (C(OH)–C–C–N with tert-alkyl or cyclic N) is 2. The second-order valence-corrected chi connectivity index (χ2v) is 9.25. The molecule has 2 aliphatic rings. The molecule has 2 unspecified atom stereocenters. The van der Waals surface area contributed by atoms with Crippen molar-refractivity contribution < 1.29 is 19.7 Å². The van der Waals surface area contributed by atoms with Crippen molar-refractivity contribution in [3.05, 3.63) is 57.6 Å². The van der Waals surface area contributed by atoms with Gasteiger partial charge < -0.3 is 19.7 Å². The molecule has 0 amide bonds. The van der Waals surface area contributed by atoms with Crippen LogP contribution >= 0.6 is 0 Å². The van der Waals surface area contributed by atoms with Crippen LogP contribution in [0.4, 0.5) is 0 Å². The van der Waals surface area contributed by atoms with Gasteiger partial charge in [0.25, 0.3) is 0 Å². The molecular formula is C25H34N2O4. The van der Waals surface area contributed by atoms with Crippen molar-refractivity contribution in [1.82, 2.24) is 9.80 Å². The summed E-state index contributed by atoms with van der Waals surface area (Å²) in [7, 11) is 0. The first-order valence-corrected chi connectivity index (χ1v) is 11.1. The summed E-state index contributed by atoms with van der Waals surface area (Å²) in [6.45, 7) is 11.7. The lowest BCUT2D eigenvalue weighted by Crippen LogP contribution is -2.37. The van der Waals surface area contributed by atoms with Gasteiger partial charge in [-0.1, -0.05) is 24.3 Å². The van der Waals surface area contributed by atoms with Gasteiger partial charge in [-0.2, -0.15) is 0 Å². The Morgan fingerprint density at radius 1 is 0.774 bits per heavy atom. The van der Waals surface area contributed by atoms with Crippen LogP contribution in [0.1, 0.15) is 47.2 Å². The molecule has 0 radical (unpaired) electrons. The molecule has 0 aromatic heterocycles. The molecule has 2 aromatic rings. The SMILES string of the molecule is Cc1cc(Cc2cc(C)c3c(c2)CN(CC(C)O)CO3)cc2c1OCN(CC(C)O)C2. The highest BCUT2D eigenvalue weighted by Gasteiger charge is 2.23. The summed E-state index contributed by atoms with van der Waals surface area (Å²) in [5.41, 5.74) is 7.20. The molecule has 0 aliphatic carbocycles. The van der Waals surface area contributed by atoms with Gasteiger partial charge >= 0.3 is 0 Å². The second kappa shape index (κ2) is 9.17. The highest BCUT2D eigenvalue weighted by Crippen LogP contribution is 2.33. The van der Waals surface area contributed by atoms with E-state index in [0.717, 1.165) is 42.1 Å². The molecular weight excluding hydrogens is 392 g/mol. The number of rotatable bonds is 6. The summed E-state index contributed by atoms with van der Waals surface area (Å²) in [5, 5.41) is 19.4. The van der Waals surface area contributed by atoms with Crippen molar-refractivity contribution in [1.29, 1.82) is 0 Å². The smallest absolute Gasteiger partial charge is 0.142 e. The van der Waals surface area contributed by atoms with E-state index in [9.17, 15) is 10.2 Å². The standard InChI is InChI=1S/C25H34N2O4/c1-16-5-20(8-22-12-26(10-18(3)28)14-30-24(16)22)7-21-6-17(2)25-23(9-21)13-27(15-31-25)11-19(4)29/h5-6,8-9,18-19,28-29H,7,10-15H2,1-4H3. The van der Waals surface area contributed by atoms with Crippen molar-refractivity contribution in [2.24, 2.45) is 0 Å². The second-order valence-electron chi connectivity index (χ2n) is 9.25. The number of fused-ring (bicyclic) bond motifs is 2. The van der Waals surface area contributed by atoms with Gasteiger partial charge in [0, 0.05) is 37.3 Å². The van der Waals surface area contributed by atoms with Gasteiger partial charge in [-0.3, -0.25) is 9.80 Å². The number of nitrogens with zero attached hydrogens (tertiary/aromatic N) is 2. The summed E-state index contributed by atoms with van der Waals surface area (Å²) in [5.74, 6) is 1.96. The van der Waals surface area contributed by atoms with Crippen molar-refractivity contribution in [2.45, 2.75) is 59.4 Å². The fourth-order valence-corrected chi connectivity index (χ4v) is 4.81. The maximum Gasteiger partial charge on any atom is 0.142 e. The van der Waals surface area contributed by atoms with Gasteiger partial charge in [0.1, 0.15) is 25.0 Å². The molecule has 2 N–H and O–H groups in total. The van der Waals surface area contributed by atoms with Crippen LogP contribution in [0.25, 0.3) is 0 Å². The summed E-state index contributed by atoms with van der Waals surface area (Å²) in [4.78, 5) is 4.26. The molecule has 2 aromatic carbocycles. The third-order valence-electron chi connectivity index (χ3n) is 5.85. The van der Waals surface area contributed by atoms with Crippen molar-refractivity contribution in [2.75, 3.05) is 26.6 Å². The molecule has 31 heavy (non-hydrogen) atoms. The summed E-state index contributed by atoms with van der Waals surface area (Å²) in [6, 6.07) is 8.91. The lowest BCUT2D eigenvalue weighted by molar-refractivity contribution is 0.0496. The number of benzene rings is 2. The minimum absolute atomic E-state index is 0.372. The molecule has 0 spiro atoms. The van der Waals surface area contributed by atoms with Crippen LogP contribution < -0.4 is 9.47 Å². The van der Waals surface area contributed by atoms with Gasteiger partial charge in [0.15, 0.2) is 0 Å². The molecule has 0 saturated carbocycles. The number of aliphatic hydroxyl groups is 2. The lowest BCUT2D eigenvalue weighted by atomic mass is 9.95. The average molecular weight is 427 g/mol. The maximum atomic E-state index is 9.72. The van der Waals surface area contributed by atoms with Gasteiger partial charge in [-0.15, -0.1) is 0 Å². The summed E-state index contributed by atoms with van der Waals surface area (Å²) < 4.78 is 12.0. The van der Waals surface area contributed by atoms with E-state index in [4.69, 9.17) is 9.47 Å². The topological polar surface area (TPSA) is 65.4 Å². The molecule has 4 rings (SSSR count). The van der Waals surface area contributed by atoms with Gasteiger partial charge in [-0.05, 0) is 56.4 Å². The highest BCUT2D eigenvalue weighted by atomic mass is 16.5. The molecule has 0 fully saturated rings. The molecule has 168 valence electrons. The largest absolute Gasteiger partial charge is 0.478 e. The first-order valence-electron chi connectivity index (χ1n) is 11.1. The minimum atomic E-state index is -0.372. The molecule has 6 heteroatoms. The van der Waals surface area contributed by atoms with Crippen molar-refractivity contribution in [3.8, 4) is 11.5 Å². The Morgan fingerprint density at radius 2 is 1.19 bits per heavy atom. The van der Waals surface area contributed by atoms with E-state index >= 15 is 0 Å². The van der Waals surface area contributed by atoms with Gasteiger partial charge in [0.05, 0.1) is 12.2 Å². The van der Waals surface area contributed by atoms with Crippen LogP contribution in [0.2, 0.25) is 0 Å². The Balaban J connectivity index is 1.55. The third kappa shape index (κ3) is 5.21. The zero-order valence-electron chi connectivity index (χ0n) is 19.0. The van der Waals surface area contributed by atoms with E-state index in [1.807, 2.05) is 13.8 Å². The number of ether oxygens (including phenoxy) is 2. The fourth-order valence-electron chi connectivity index (χ4n) is 4.81. The average Bonchev–Trinajstić information content (AvgIpc) is 2.66. The molecule has 2 aliphatic heterocycles. The predicted octanol–water partition coefficient (Wildman–Crippen LogP) is 2.96. The Labute approximate surface area is 185 Å². The van der Waals surface area contributed by atoms with E-state index in [2.05, 4.69) is 47.9 Å². The van der Waals surface area contributed by atoms with Crippen LogP contribution in [0, 0.1) is 13.8 Å². The quantitative estimate of drug-likeness (QED) is 0.741. The fraction of sp³-hybridized carbons (Fsp3) is 0.520. The number of hydrogen-bond donors (Lipinski definition) is 2. The van der Waals surface area contributed by atoms with Crippen LogP contribution in [0.3, 0.4) is 0 Å². The van der Waals surface area contributed by atoms with Crippen LogP contribution in [0.5, 0.6) is 11.5 Å². The molecule has 0 saturated heterocycles. The molecule has 2 atom stereocenters. The Kier molecular flexibility index (Phi) is 6.53. The highest BCUT2D eigenvalue weighted by molar-refractivity contribution is 5.49. The van der Waals surface area contributed by atoms with E-state index in [1.165, 1.54) is 22.3 Å². The molecule has 0 bridgehead atoms. The van der Waals surface area contributed by atoms with E-state index in [1.54, 1.807) is 0 Å². The predicted molar refractivity (Wildman–Crippen MR) is 120 cm³/mol. The third-order valence-corrected chi connectivity index (χ3v) is 5.85. The lowest BCUT2D eigenvalue weighted by Gasteiger charge is -2.31. The van der Waals surface area contributed by atoms with Crippen molar-refractivity contribution in [3.63, 3.8) is 0 Å². The Morgan fingerprint density at radius 3 is 1.58 bits per heavy atom. The number of hydrogen-bond acceptors (Lipinski definition) is 6. The van der Waals surface area contributed by atoms with Gasteiger partial charge in [0.2, 0.25) is 0 Å². The van der Waals surface area contributed by atoms with Gasteiger partial charge in [-0.25, -0.2) is 0 Å². The van der Waals surface area contributed by atoms with E-state index in [-0.39, 0.29) is 12.2 Å². The van der Waals surface area contributed by atoms with E-state index < -0.39 is 0 Å². The molecule has 6 nitrogen and oxygen atoms in total. The Hall–Kier alpha value is -2.12. The monoisotopic (exact) mass is 426 g/mol. The van der Waals surface area contributed by atoms with Crippen LogP contribution in [-0.4, -0.2) is 58.8 Å². The van der Waals surface area contributed by atoms with Crippen LogP contribution in [0.15, 0.2) is 24.3 Å². The number of aryl methyl sites for hydroxylation is 2. The molecule has 2 heterocycles. The number of aliphatic hydroxyl groups excluding tert-OH is 2. The normalized spacial score (nSPS) is 18.5. The van der Waals surface area contributed by atoms with Crippen molar-refractivity contribution >= 4 is 0 Å². The summed E-state index contributed by atoms with van der Waals surface area (Å²) in [6.07, 6.45) is 0.0988. The minimum Gasteiger partial charge on any atom is -0.478 e. The zero-order valence-corrected chi connectivity index (χ0v) is 19.0. The first kappa shape index (κ1) is 22.1. The summed E-state index contributed by atoms with van der Waals surface area (Å²) >= 11 is 0. The van der Waals surface area contributed by atoms with E-state index in [0.29, 0.717) is 26.6 Å². The maximum absolute atomic E-state index is 9.72.